The van der Waals surface area contributed by atoms with E-state index in [2.05, 4.69) is 19.7 Å². The first-order valence-corrected chi connectivity index (χ1v) is 6.56. The summed E-state index contributed by atoms with van der Waals surface area (Å²) in [7, 11) is -1.90. The summed E-state index contributed by atoms with van der Waals surface area (Å²) in [6.45, 7) is 6.43. The van der Waals surface area contributed by atoms with Gasteiger partial charge >= 0.3 is 0 Å². The van der Waals surface area contributed by atoms with Gasteiger partial charge < -0.3 is 0 Å². The molecule has 12 heavy (non-hydrogen) atoms. The van der Waals surface area contributed by atoms with E-state index in [9.17, 15) is 4.21 Å². The molecule has 0 spiro atoms. The van der Waals surface area contributed by atoms with Crippen LogP contribution in [0.3, 0.4) is 0 Å². The first-order chi connectivity index (χ1) is 5.39. The Labute approximate surface area is 76.1 Å². The van der Waals surface area contributed by atoms with E-state index < -0.39 is 9.71 Å². The molecule has 0 radical (unpaired) electrons. The Kier molecular flexibility index (Phi) is 2.84. The molecule has 0 bridgehead atoms. The second-order valence-corrected chi connectivity index (χ2v) is 6.74. The second-order valence-electron chi connectivity index (χ2n) is 4.30. The molecular weight excluding hydrogens is 170 g/mol. The average Bonchev–Trinajstić information content (AvgIpc) is 1.73. The normalized spacial score (nSPS) is 25.3. The summed E-state index contributed by atoms with van der Waals surface area (Å²) in [6, 6.07) is 0. The summed E-state index contributed by atoms with van der Waals surface area (Å²) in [5.74, 6) is 5.18. The van der Waals surface area contributed by atoms with Crippen molar-refractivity contribution in [2.45, 2.75) is 20.3 Å². The molecule has 0 aliphatic carbocycles. The van der Waals surface area contributed by atoms with E-state index in [0.29, 0.717) is 0 Å². The zero-order chi connectivity index (χ0) is 9.35. The van der Waals surface area contributed by atoms with E-state index in [-0.39, 0.29) is 0 Å². The summed E-state index contributed by atoms with van der Waals surface area (Å²) in [4.78, 5) is 0. The highest BCUT2D eigenvalue weighted by Gasteiger charge is 2.30. The molecule has 1 aliphatic heterocycles. The van der Waals surface area contributed by atoms with Gasteiger partial charge in [0, 0.05) is 29.1 Å². The average molecular weight is 189 g/mol. The molecule has 0 aromatic heterocycles. The Morgan fingerprint density at radius 1 is 1.58 bits per heavy atom. The van der Waals surface area contributed by atoms with E-state index in [0.717, 1.165) is 24.9 Å². The maximum Gasteiger partial charge on any atom is 0.0245 e. The van der Waals surface area contributed by atoms with Crippen molar-refractivity contribution in [2.24, 2.45) is 11.8 Å². The minimum atomic E-state index is -1.90. The summed E-state index contributed by atoms with van der Waals surface area (Å²) in [5, 5.41) is 0. The van der Waals surface area contributed by atoms with E-state index in [1.54, 1.807) is 6.26 Å². The largest absolute Gasteiger partial charge is 0.253 e. The van der Waals surface area contributed by atoms with Crippen molar-refractivity contribution in [3.05, 3.63) is 0 Å². The fourth-order valence-electron chi connectivity index (χ4n) is 1.65. The molecule has 2 nitrogen and oxygen atoms in total. The van der Waals surface area contributed by atoms with Gasteiger partial charge in [0.2, 0.25) is 0 Å². The van der Waals surface area contributed by atoms with E-state index in [1.165, 1.54) is 6.42 Å². The summed E-state index contributed by atoms with van der Waals surface area (Å²) in [6.07, 6.45) is 2.98. The summed E-state index contributed by atoms with van der Waals surface area (Å²) < 4.78 is 13.4. The van der Waals surface area contributed by atoms with Crippen molar-refractivity contribution < 1.29 is 4.21 Å². The third kappa shape index (κ3) is 2.49. The van der Waals surface area contributed by atoms with Crippen LogP contribution in [0.15, 0.2) is 0 Å². The Hall–Kier alpha value is -0.0200. The molecule has 0 amide bonds. The standard InChI is InChI=1S/C9H19NOS/c1-8(2)5-9-6-10(7-9)12(3,4)11/h8-9H,3,5-7H2,1-2,4H3. The third-order valence-electron chi connectivity index (χ3n) is 2.27. The molecular formula is C9H19NOS. The fraction of sp³-hybridized carbons (Fsp3) is 0.889. The molecule has 1 rings (SSSR count). The quantitative estimate of drug-likeness (QED) is 0.611. The molecule has 0 saturated carbocycles. The van der Waals surface area contributed by atoms with Crippen molar-refractivity contribution in [1.82, 2.24) is 4.31 Å². The predicted octanol–water partition coefficient (Wildman–Crippen LogP) is 1.23. The molecule has 1 heterocycles. The van der Waals surface area contributed by atoms with Gasteiger partial charge in [-0.15, -0.1) is 0 Å². The highest BCUT2D eigenvalue weighted by Crippen LogP contribution is 2.24. The Balaban J connectivity index is 2.30. The fourth-order valence-corrected chi connectivity index (χ4v) is 2.71. The van der Waals surface area contributed by atoms with Gasteiger partial charge in [-0.3, -0.25) is 4.21 Å². The zero-order valence-corrected chi connectivity index (χ0v) is 9.06. The van der Waals surface area contributed by atoms with E-state index >= 15 is 0 Å². The van der Waals surface area contributed by atoms with Gasteiger partial charge in [0.1, 0.15) is 0 Å². The van der Waals surface area contributed by atoms with Gasteiger partial charge in [0.25, 0.3) is 0 Å². The molecule has 1 unspecified atom stereocenters. The van der Waals surface area contributed by atoms with Crippen molar-refractivity contribution >= 4 is 15.6 Å². The van der Waals surface area contributed by atoms with Crippen LogP contribution in [0, 0.1) is 11.8 Å². The lowest BCUT2D eigenvalue weighted by Gasteiger charge is -2.40. The molecule has 72 valence electrons. The number of hydrogen-bond acceptors (Lipinski definition) is 1. The molecule has 1 saturated heterocycles. The van der Waals surface area contributed by atoms with Crippen molar-refractivity contribution in [3.8, 4) is 0 Å². The highest BCUT2D eigenvalue weighted by molar-refractivity contribution is 7.97. The second kappa shape index (κ2) is 3.38. The highest BCUT2D eigenvalue weighted by atomic mass is 32.2. The molecule has 0 N–H and O–H groups in total. The van der Waals surface area contributed by atoms with Crippen LogP contribution in [-0.2, 0) is 9.71 Å². The summed E-state index contributed by atoms with van der Waals surface area (Å²) >= 11 is 0. The van der Waals surface area contributed by atoms with E-state index in [4.69, 9.17) is 0 Å². The van der Waals surface area contributed by atoms with Crippen LogP contribution in [-0.4, -0.2) is 33.7 Å². The predicted molar refractivity (Wildman–Crippen MR) is 55.7 cm³/mol. The van der Waals surface area contributed by atoms with Gasteiger partial charge in [-0.25, -0.2) is 4.31 Å². The molecule has 1 fully saturated rings. The van der Waals surface area contributed by atoms with Gasteiger partial charge in [-0.1, -0.05) is 13.8 Å². The lowest BCUT2D eigenvalue weighted by atomic mass is 9.92. The minimum absolute atomic E-state index is 0.757. The van der Waals surface area contributed by atoms with Gasteiger partial charge in [0.05, 0.1) is 0 Å². The van der Waals surface area contributed by atoms with Gasteiger partial charge in [-0.05, 0) is 24.1 Å². The third-order valence-corrected chi connectivity index (χ3v) is 3.67. The lowest BCUT2D eigenvalue weighted by Crippen LogP contribution is -2.49. The minimum Gasteiger partial charge on any atom is -0.253 e. The van der Waals surface area contributed by atoms with Crippen LogP contribution in [0.5, 0.6) is 0 Å². The van der Waals surface area contributed by atoms with Crippen LogP contribution < -0.4 is 0 Å². The Morgan fingerprint density at radius 3 is 2.42 bits per heavy atom. The van der Waals surface area contributed by atoms with Crippen molar-refractivity contribution in [1.29, 1.82) is 0 Å². The number of rotatable bonds is 3. The van der Waals surface area contributed by atoms with Gasteiger partial charge in [-0.2, -0.15) is 0 Å². The Bertz CT molecular complexity index is 237. The monoisotopic (exact) mass is 189 g/mol. The maximum absolute atomic E-state index is 11.4. The zero-order valence-electron chi connectivity index (χ0n) is 8.25. The Morgan fingerprint density at radius 2 is 2.08 bits per heavy atom. The molecule has 1 aliphatic rings. The number of hydrogen-bond donors (Lipinski definition) is 0. The van der Waals surface area contributed by atoms with Crippen LogP contribution in [0.25, 0.3) is 0 Å². The van der Waals surface area contributed by atoms with Crippen molar-refractivity contribution in [2.75, 3.05) is 19.3 Å². The molecule has 1 atom stereocenters. The van der Waals surface area contributed by atoms with Gasteiger partial charge in [0.15, 0.2) is 0 Å². The van der Waals surface area contributed by atoms with Crippen LogP contribution in [0.2, 0.25) is 0 Å². The lowest BCUT2D eigenvalue weighted by molar-refractivity contribution is 0.182. The van der Waals surface area contributed by atoms with Crippen LogP contribution in [0.1, 0.15) is 20.3 Å². The number of nitrogens with zero attached hydrogens (tertiary/aromatic N) is 1. The molecule has 3 heteroatoms. The van der Waals surface area contributed by atoms with E-state index in [1.807, 2.05) is 4.31 Å². The molecule has 0 aromatic carbocycles. The topological polar surface area (TPSA) is 20.3 Å². The van der Waals surface area contributed by atoms with Crippen molar-refractivity contribution in [3.63, 3.8) is 0 Å². The SMILES string of the molecule is C=S(C)(=O)N1CC(CC(C)C)C1. The summed E-state index contributed by atoms with van der Waals surface area (Å²) in [5.41, 5.74) is 0. The maximum atomic E-state index is 11.4. The smallest absolute Gasteiger partial charge is 0.0245 e. The van der Waals surface area contributed by atoms with Crippen LogP contribution >= 0.6 is 0 Å². The van der Waals surface area contributed by atoms with Crippen LogP contribution in [0.4, 0.5) is 0 Å². The first-order valence-electron chi connectivity index (χ1n) is 4.47. The molecule has 0 aromatic rings. The first kappa shape index (κ1) is 10.1.